The topological polar surface area (TPSA) is 0 Å². The average molecular weight is 295 g/mol. The Morgan fingerprint density at radius 2 is 1.79 bits per heavy atom. The molecule has 0 radical (unpaired) electrons. The molecular formula is C17H23ClS. The van der Waals surface area contributed by atoms with Gasteiger partial charge < -0.3 is 0 Å². The number of rotatable bonds is 4. The van der Waals surface area contributed by atoms with E-state index in [-0.39, 0.29) is 0 Å². The molecule has 19 heavy (non-hydrogen) atoms. The van der Waals surface area contributed by atoms with Gasteiger partial charge in [0, 0.05) is 10.3 Å². The van der Waals surface area contributed by atoms with Crippen LogP contribution >= 0.6 is 22.9 Å². The maximum atomic E-state index is 6.71. The van der Waals surface area contributed by atoms with E-state index in [4.69, 9.17) is 11.6 Å². The molecule has 0 spiro atoms. The van der Waals surface area contributed by atoms with Crippen molar-refractivity contribution in [2.24, 2.45) is 23.2 Å². The third kappa shape index (κ3) is 2.49. The summed E-state index contributed by atoms with van der Waals surface area (Å²) in [7, 11) is 0. The fourth-order valence-electron chi connectivity index (χ4n) is 5.73. The van der Waals surface area contributed by atoms with Gasteiger partial charge in [0.2, 0.25) is 0 Å². The molecule has 0 saturated heterocycles. The minimum Gasteiger partial charge on any atom is -0.149 e. The van der Waals surface area contributed by atoms with Crippen LogP contribution in [0.5, 0.6) is 0 Å². The van der Waals surface area contributed by atoms with E-state index < -0.39 is 0 Å². The SMILES string of the molecule is ClC(Cc1cccs1)CC12CC3CC(CC(C3)C1)C2. The molecule has 4 aliphatic rings. The Morgan fingerprint density at radius 1 is 1.16 bits per heavy atom. The van der Waals surface area contributed by atoms with Crippen LogP contribution < -0.4 is 0 Å². The highest BCUT2D eigenvalue weighted by atomic mass is 35.5. The quantitative estimate of drug-likeness (QED) is 0.643. The third-order valence-corrected chi connectivity index (χ3v) is 7.03. The van der Waals surface area contributed by atoms with E-state index >= 15 is 0 Å². The van der Waals surface area contributed by atoms with Gasteiger partial charge in [0.05, 0.1) is 0 Å². The summed E-state index contributed by atoms with van der Waals surface area (Å²) in [5.74, 6) is 3.16. The molecule has 1 unspecified atom stereocenters. The van der Waals surface area contributed by atoms with Crippen LogP contribution in [0.3, 0.4) is 0 Å². The fraction of sp³-hybridized carbons (Fsp3) is 0.765. The summed E-state index contributed by atoms with van der Waals surface area (Å²) in [6.07, 6.45) is 11.5. The molecule has 4 bridgehead atoms. The molecule has 1 atom stereocenters. The van der Waals surface area contributed by atoms with Crippen molar-refractivity contribution in [1.82, 2.24) is 0 Å². The summed E-state index contributed by atoms with van der Waals surface area (Å²) in [4.78, 5) is 1.46. The van der Waals surface area contributed by atoms with Gasteiger partial charge in [-0.25, -0.2) is 0 Å². The van der Waals surface area contributed by atoms with E-state index in [1.807, 2.05) is 11.3 Å². The third-order valence-electron chi connectivity index (χ3n) is 5.82. The van der Waals surface area contributed by atoms with E-state index in [0.29, 0.717) is 10.8 Å². The second kappa shape index (κ2) is 4.77. The van der Waals surface area contributed by atoms with Crippen LogP contribution in [-0.2, 0) is 6.42 Å². The Morgan fingerprint density at radius 3 is 2.32 bits per heavy atom. The van der Waals surface area contributed by atoms with E-state index in [2.05, 4.69) is 17.5 Å². The van der Waals surface area contributed by atoms with Gasteiger partial charge in [-0.05, 0) is 86.0 Å². The summed E-state index contributed by atoms with van der Waals surface area (Å²) in [5.41, 5.74) is 0.637. The molecule has 0 amide bonds. The van der Waals surface area contributed by atoms with Gasteiger partial charge in [0.1, 0.15) is 0 Å². The van der Waals surface area contributed by atoms with Gasteiger partial charge in [0.15, 0.2) is 0 Å². The summed E-state index contributed by atoms with van der Waals surface area (Å²) in [6, 6.07) is 4.38. The first-order valence-electron chi connectivity index (χ1n) is 7.87. The van der Waals surface area contributed by atoms with Crippen molar-refractivity contribution in [1.29, 1.82) is 0 Å². The second-order valence-corrected chi connectivity index (χ2v) is 9.15. The first kappa shape index (κ1) is 12.7. The van der Waals surface area contributed by atoms with Crippen molar-refractivity contribution in [3.63, 3.8) is 0 Å². The van der Waals surface area contributed by atoms with Gasteiger partial charge in [-0.2, -0.15) is 0 Å². The summed E-state index contributed by atoms with van der Waals surface area (Å²) in [5, 5.41) is 2.53. The zero-order valence-corrected chi connectivity index (χ0v) is 13.1. The van der Waals surface area contributed by atoms with Crippen LogP contribution in [0.15, 0.2) is 17.5 Å². The number of hydrogen-bond donors (Lipinski definition) is 0. The van der Waals surface area contributed by atoms with Gasteiger partial charge >= 0.3 is 0 Å². The van der Waals surface area contributed by atoms with E-state index in [1.165, 1.54) is 49.8 Å². The van der Waals surface area contributed by atoms with E-state index in [1.54, 1.807) is 0 Å². The summed E-state index contributed by atoms with van der Waals surface area (Å²) >= 11 is 8.57. The summed E-state index contributed by atoms with van der Waals surface area (Å²) < 4.78 is 0. The minimum absolute atomic E-state index is 0.356. The molecule has 2 heteroatoms. The van der Waals surface area contributed by atoms with Crippen LogP contribution in [0.1, 0.15) is 49.8 Å². The van der Waals surface area contributed by atoms with Crippen LogP contribution in [0.4, 0.5) is 0 Å². The van der Waals surface area contributed by atoms with Gasteiger partial charge in [-0.1, -0.05) is 6.07 Å². The molecule has 1 aromatic heterocycles. The predicted octanol–water partition coefficient (Wildman–Crippen LogP) is 5.50. The molecule has 0 aromatic carbocycles. The van der Waals surface area contributed by atoms with Gasteiger partial charge in [-0.3, -0.25) is 0 Å². The largest absolute Gasteiger partial charge is 0.149 e. The van der Waals surface area contributed by atoms with Crippen molar-refractivity contribution in [3.05, 3.63) is 22.4 Å². The van der Waals surface area contributed by atoms with Crippen LogP contribution in [0.25, 0.3) is 0 Å². The zero-order valence-electron chi connectivity index (χ0n) is 11.5. The molecule has 0 nitrogen and oxygen atoms in total. The maximum Gasteiger partial charge on any atom is 0.0389 e. The molecule has 1 heterocycles. The first-order valence-corrected chi connectivity index (χ1v) is 9.19. The zero-order chi connectivity index (χ0) is 12.9. The Balaban J connectivity index is 1.44. The summed E-state index contributed by atoms with van der Waals surface area (Å²) in [6.45, 7) is 0. The average Bonchev–Trinajstić information content (AvgIpc) is 2.78. The molecule has 104 valence electrons. The smallest absolute Gasteiger partial charge is 0.0389 e. The number of thiophene rings is 1. The molecule has 0 N–H and O–H groups in total. The van der Waals surface area contributed by atoms with Gasteiger partial charge in [-0.15, -0.1) is 22.9 Å². The van der Waals surface area contributed by atoms with E-state index in [9.17, 15) is 0 Å². The highest BCUT2D eigenvalue weighted by Crippen LogP contribution is 2.61. The molecular weight excluding hydrogens is 272 g/mol. The molecule has 4 saturated carbocycles. The highest BCUT2D eigenvalue weighted by Gasteiger charge is 2.51. The first-order chi connectivity index (χ1) is 9.21. The highest BCUT2D eigenvalue weighted by molar-refractivity contribution is 7.09. The molecule has 4 aliphatic carbocycles. The van der Waals surface area contributed by atoms with Crippen LogP contribution in [0.2, 0.25) is 0 Å². The molecule has 4 fully saturated rings. The van der Waals surface area contributed by atoms with Crippen LogP contribution in [-0.4, -0.2) is 5.38 Å². The number of halogens is 1. The van der Waals surface area contributed by atoms with Crippen molar-refractivity contribution < 1.29 is 0 Å². The van der Waals surface area contributed by atoms with Crippen molar-refractivity contribution >= 4 is 22.9 Å². The van der Waals surface area contributed by atoms with Crippen molar-refractivity contribution in [3.8, 4) is 0 Å². The minimum atomic E-state index is 0.356. The molecule has 0 aliphatic heterocycles. The normalized spacial score (nSPS) is 41.6. The Kier molecular flexibility index (Phi) is 3.19. The lowest BCUT2D eigenvalue weighted by Gasteiger charge is -2.57. The second-order valence-electron chi connectivity index (χ2n) is 7.50. The van der Waals surface area contributed by atoms with Crippen LogP contribution in [0, 0.1) is 23.2 Å². The molecule has 1 aromatic rings. The Hall–Kier alpha value is -0.0100. The maximum absolute atomic E-state index is 6.71. The predicted molar refractivity (Wildman–Crippen MR) is 82.9 cm³/mol. The lowest BCUT2D eigenvalue weighted by Crippen LogP contribution is -2.47. The molecule has 5 rings (SSSR count). The Labute approximate surface area is 125 Å². The Bertz CT molecular complexity index is 401. The number of hydrogen-bond acceptors (Lipinski definition) is 1. The fourth-order valence-corrected chi connectivity index (χ4v) is 7.10. The number of alkyl halides is 1. The van der Waals surface area contributed by atoms with E-state index in [0.717, 1.165) is 24.2 Å². The lowest BCUT2D eigenvalue weighted by atomic mass is 9.48. The lowest BCUT2D eigenvalue weighted by molar-refractivity contribution is -0.0574. The van der Waals surface area contributed by atoms with Gasteiger partial charge in [0.25, 0.3) is 0 Å². The van der Waals surface area contributed by atoms with Crippen molar-refractivity contribution in [2.75, 3.05) is 0 Å². The monoisotopic (exact) mass is 294 g/mol. The standard InChI is InChI=1S/C17H23ClS/c18-15(7-16-2-1-3-19-16)11-17-8-12-4-13(9-17)6-14(5-12)10-17/h1-3,12-15H,4-11H2. The van der Waals surface area contributed by atoms with Crippen molar-refractivity contribution in [2.45, 2.75) is 56.7 Å².